The molecule has 21 heavy (non-hydrogen) atoms. The van der Waals surface area contributed by atoms with Crippen molar-refractivity contribution in [2.45, 2.75) is 18.9 Å². The van der Waals surface area contributed by atoms with Crippen molar-refractivity contribution < 1.29 is 13.2 Å². The Morgan fingerprint density at radius 3 is 2.71 bits per heavy atom. The zero-order valence-electron chi connectivity index (χ0n) is 12.7. The van der Waals surface area contributed by atoms with Gasteiger partial charge in [-0.05, 0) is 11.5 Å². The first-order valence-corrected chi connectivity index (χ1v) is 8.91. The standard InChI is InChI=1S/C15H24N2O3S/c1-13(14-6-4-3-5-7-14)12-21(18,19)17(2)11-15-10-16-8-9-20-15/h3-7,13,15-16H,8-12H2,1-2H3. The Morgan fingerprint density at radius 1 is 1.38 bits per heavy atom. The molecule has 118 valence electrons. The summed E-state index contributed by atoms with van der Waals surface area (Å²) < 4.78 is 31.9. The van der Waals surface area contributed by atoms with E-state index >= 15 is 0 Å². The van der Waals surface area contributed by atoms with Gasteiger partial charge in [0, 0.05) is 26.7 Å². The molecule has 1 aromatic rings. The topological polar surface area (TPSA) is 58.6 Å². The Bertz CT molecular complexity index is 527. The minimum absolute atomic E-state index is 0.0240. The van der Waals surface area contributed by atoms with Crippen LogP contribution in [-0.4, -0.2) is 57.9 Å². The number of benzene rings is 1. The van der Waals surface area contributed by atoms with Crippen molar-refractivity contribution in [2.75, 3.05) is 39.0 Å². The molecule has 1 aliphatic rings. The molecular formula is C15H24N2O3S. The summed E-state index contributed by atoms with van der Waals surface area (Å²) in [5.74, 6) is 0.0947. The molecule has 0 saturated carbocycles. The molecule has 6 heteroatoms. The smallest absolute Gasteiger partial charge is 0.214 e. The highest BCUT2D eigenvalue weighted by Gasteiger charge is 2.25. The monoisotopic (exact) mass is 312 g/mol. The number of hydrogen-bond donors (Lipinski definition) is 1. The molecule has 0 radical (unpaired) electrons. The minimum atomic E-state index is -3.28. The quantitative estimate of drug-likeness (QED) is 0.853. The summed E-state index contributed by atoms with van der Waals surface area (Å²) in [5, 5.41) is 3.21. The van der Waals surface area contributed by atoms with Crippen LogP contribution in [0, 0.1) is 0 Å². The molecule has 2 atom stereocenters. The molecule has 5 nitrogen and oxygen atoms in total. The van der Waals surface area contributed by atoms with Crippen molar-refractivity contribution >= 4 is 10.0 Å². The van der Waals surface area contributed by atoms with Gasteiger partial charge < -0.3 is 10.1 Å². The van der Waals surface area contributed by atoms with Crippen LogP contribution in [0.4, 0.5) is 0 Å². The molecule has 2 unspecified atom stereocenters. The van der Waals surface area contributed by atoms with Gasteiger partial charge in [0.1, 0.15) is 0 Å². The van der Waals surface area contributed by atoms with Crippen molar-refractivity contribution in [3.63, 3.8) is 0 Å². The summed E-state index contributed by atoms with van der Waals surface area (Å²) in [6.07, 6.45) is -0.0643. The second kappa shape index (κ2) is 7.35. The molecule has 1 heterocycles. The van der Waals surface area contributed by atoms with E-state index in [-0.39, 0.29) is 17.8 Å². The third kappa shape index (κ3) is 4.78. The van der Waals surface area contributed by atoms with Gasteiger partial charge >= 0.3 is 0 Å². The van der Waals surface area contributed by atoms with Gasteiger partial charge in [0.05, 0.1) is 18.5 Å². The molecule has 1 N–H and O–H groups in total. The molecule has 1 aliphatic heterocycles. The van der Waals surface area contributed by atoms with Crippen molar-refractivity contribution in [3.8, 4) is 0 Å². The van der Waals surface area contributed by atoms with Crippen LogP contribution in [0.5, 0.6) is 0 Å². The van der Waals surface area contributed by atoms with E-state index in [2.05, 4.69) is 5.32 Å². The fourth-order valence-electron chi connectivity index (χ4n) is 2.46. The van der Waals surface area contributed by atoms with Crippen LogP contribution in [0.1, 0.15) is 18.4 Å². The number of hydrogen-bond acceptors (Lipinski definition) is 4. The van der Waals surface area contributed by atoms with E-state index in [9.17, 15) is 8.42 Å². The second-order valence-corrected chi connectivity index (χ2v) is 7.69. The van der Waals surface area contributed by atoms with Crippen LogP contribution in [-0.2, 0) is 14.8 Å². The predicted molar refractivity (Wildman–Crippen MR) is 83.9 cm³/mol. The molecule has 1 fully saturated rings. The van der Waals surface area contributed by atoms with Crippen molar-refractivity contribution in [1.29, 1.82) is 0 Å². The summed E-state index contributed by atoms with van der Waals surface area (Å²) in [4.78, 5) is 0. The van der Waals surface area contributed by atoms with Crippen LogP contribution in [0.15, 0.2) is 30.3 Å². The first-order valence-electron chi connectivity index (χ1n) is 7.30. The summed E-state index contributed by atoms with van der Waals surface area (Å²) >= 11 is 0. The van der Waals surface area contributed by atoms with Gasteiger partial charge in [-0.15, -0.1) is 0 Å². The number of nitrogens with zero attached hydrogens (tertiary/aromatic N) is 1. The number of morpholine rings is 1. The van der Waals surface area contributed by atoms with E-state index in [1.165, 1.54) is 4.31 Å². The summed E-state index contributed by atoms with van der Waals surface area (Å²) in [6.45, 7) is 4.52. The van der Waals surface area contributed by atoms with Gasteiger partial charge in [0.15, 0.2) is 0 Å². The molecule has 0 amide bonds. The number of rotatable bonds is 6. The van der Waals surface area contributed by atoms with Crippen molar-refractivity contribution in [1.82, 2.24) is 9.62 Å². The first kappa shape index (κ1) is 16.4. The van der Waals surface area contributed by atoms with Gasteiger partial charge in [-0.1, -0.05) is 37.3 Å². The molecule has 1 saturated heterocycles. The predicted octanol–water partition coefficient (Wildman–Crippen LogP) is 1.04. The maximum atomic E-state index is 12.4. The molecular weight excluding hydrogens is 288 g/mol. The molecule has 0 bridgehead atoms. The lowest BCUT2D eigenvalue weighted by molar-refractivity contribution is 0.0206. The SMILES string of the molecule is CC(CS(=O)(=O)N(C)CC1CNCCO1)c1ccccc1. The van der Waals surface area contributed by atoms with Gasteiger partial charge in [-0.25, -0.2) is 12.7 Å². The van der Waals surface area contributed by atoms with E-state index < -0.39 is 10.0 Å². The molecule has 0 spiro atoms. The lowest BCUT2D eigenvalue weighted by Crippen LogP contribution is -2.46. The zero-order valence-corrected chi connectivity index (χ0v) is 13.5. The zero-order chi connectivity index (χ0) is 15.3. The molecule has 0 aliphatic carbocycles. The van der Waals surface area contributed by atoms with Crippen LogP contribution < -0.4 is 5.32 Å². The van der Waals surface area contributed by atoms with Crippen LogP contribution in [0.2, 0.25) is 0 Å². The summed E-state index contributed by atoms with van der Waals surface area (Å²) in [6, 6.07) is 9.74. The van der Waals surface area contributed by atoms with Gasteiger partial charge in [0.2, 0.25) is 10.0 Å². The Labute approximate surface area is 127 Å². The lowest BCUT2D eigenvalue weighted by atomic mass is 10.0. The largest absolute Gasteiger partial charge is 0.374 e. The van der Waals surface area contributed by atoms with Gasteiger partial charge in [0.25, 0.3) is 0 Å². The molecule has 1 aromatic carbocycles. The fourth-order valence-corrected chi connectivity index (χ4v) is 3.93. The maximum absolute atomic E-state index is 12.4. The normalized spacial score (nSPS) is 21.4. The highest BCUT2D eigenvalue weighted by molar-refractivity contribution is 7.89. The van der Waals surface area contributed by atoms with Gasteiger partial charge in [-0.2, -0.15) is 0 Å². The summed E-state index contributed by atoms with van der Waals surface area (Å²) in [5.41, 5.74) is 1.05. The Kier molecular flexibility index (Phi) is 5.75. The molecule has 2 rings (SSSR count). The highest BCUT2D eigenvalue weighted by atomic mass is 32.2. The highest BCUT2D eigenvalue weighted by Crippen LogP contribution is 2.18. The lowest BCUT2D eigenvalue weighted by Gasteiger charge is -2.28. The average molecular weight is 312 g/mol. The van der Waals surface area contributed by atoms with E-state index in [1.54, 1.807) is 7.05 Å². The Balaban J connectivity index is 1.93. The van der Waals surface area contributed by atoms with E-state index in [0.717, 1.165) is 12.1 Å². The number of nitrogens with one attached hydrogen (secondary N) is 1. The average Bonchev–Trinajstić information content (AvgIpc) is 2.48. The Morgan fingerprint density at radius 2 is 2.10 bits per heavy atom. The molecule has 0 aromatic heterocycles. The fraction of sp³-hybridized carbons (Fsp3) is 0.600. The minimum Gasteiger partial charge on any atom is -0.374 e. The van der Waals surface area contributed by atoms with Crippen LogP contribution >= 0.6 is 0 Å². The van der Waals surface area contributed by atoms with E-state index in [0.29, 0.717) is 19.7 Å². The van der Waals surface area contributed by atoms with E-state index in [1.807, 2.05) is 37.3 Å². The first-order chi connectivity index (χ1) is 9.99. The van der Waals surface area contributed by atoms with E-state index in [4.69, 9.17) is 4.74 Å². The maximum Gasteiger partial charge on any atom is 0.214 e. The third-order valence-corrected chi connectivity index (χ3v) is 5.79. The number of ether oxygens (including phenoxy) is 1. The number of sulfonamides is 1. The second-order valence-electron chi connectivity index (χ2n) is 5.57. The van der Waals surface area contributed by atoms with Gasteiger partial charge in [-0.3, -0.25) is 0 Å². The van der Waals surface area contributed by atoms with Crippen LogP contribution in [0.25, 0.3) is 0 Å². The van der Waals surface area contributed by atoms with Crippen molar-refractivity contribution in [3.05, 3.63) is 35.9 Å². The Hall–Kier alpha value is -0.950. The third-order valence-electron chi connectivity index (χ3n) is 3.77. The van der Waals surface area contributed by atoms with Crippen molar-refractivity contribution in [2.24, 2.45) is 0 Å². The van der Waals surface area contributed by atoms with Crippen LogP contribution in [0.3, 0.4) is 0 Å². The number of likely N-dealkylation sites (N-methyl/N-ethyl adjacent to an activating group) is 1. The summed E-state index contributed by atoms with van der Waals surface area (Å²) in [7, 11) is -1.65.